The summed E-state index contributed by atoms with van der Waals surface area (Å²) in [6, 6.07) is 5.28. The van der Waals surface area contributed by atoms with Crippen molar-refractivity contribution in [3.05, 3.63) is 23.8 Å². The number of ether oxygens (including phenoxy) is 3. The highest BCUT2D eigenvalue weighted by molar-refractivity contribution is 5.80. The summed E-state index contributed by atoms with van der Waals surface area (Å²) in [5, 5.41) is 1.59. The summed E-state index contributed by atoms with van der Waals surface area (Å²) in [6.07, 6.45) is -3.83. The van der Waals surface area contributed by atoms with Crippen LogP contribution in [0.3, 0.4) is 0 Å². The second-order valence-electron chi connectivity index (χ2n) is 6.12. The molecule has 1 amide bonds. The van der Waals surface area contributed by atoms with Crippen molar-refractivity contribution in [2.75, 3.05) is 19.8 Å². The highest BCUT2D eigenvalue weighted by Crippen LogP contribution is 2.41. The van der Waals surface area contributed by atoms with E-state index in [9.17, 15) is 22.8 Å². The number of hydrogen-bond donors (Lipinski definition) is 1. The Morgan fingerprint density at radius 1 is 1.28 bits per heavy atom. The minimum Gasteiger partial charge on any atom is -0.483 e. The Labute approximate surface area is 142 Å². The Bertz CT molecular complexity index is 658. The zero-order chi connectivity index (χ0) is 18.7. The molecule has 0 spiro atoms. The van der Waals surface area contributed by atoms with E-state index in [0.29, 0.717) is 17.9 Å². The van der Waals surface area contributed by atoms with Gasteiger partial charge in [-0.05, 0) is 19.9 Å². The number of amides is 1. The van der Waals surface area contributed by atoms with Gasteiger partial charge in [-0.2, -0.15) is 13.2 Å². The van der Waals surface area contributed by atoms with Crippen LogP contribution in [-0.4, -0.2) is 43.4 Å². The van der Waals surface area contributed by atoms with E-state index in [-0.39, 0.29) is 5.60 Å². The number of hydrogen-bond acceptors (Lipinski definition) is 5. The van der Waals surface area contributed by atoms with E-state index < -0.39 is 37.8 Å². The van der Waals surface area contributed by atoms with E-state index in [2.05, 4.69) is 4.74 Å². The number of carbonyl (C=O) groups is 2. The highest BCUT2D eigenvalue weighted by atomic mass is 19.4. The first-order valence-electron chi connectivity index (χ1n) is 7.48. The van der Waals surface area contributed by atoms with E-state index in [1.165, 1.54) is 0 Å². The number of rotatable bonds is 6. The van der Waals surface area contributed by atoms with Gasteiger partial charge >= 0.3 is 12.1 Å². The van der Waals surface area contributed by atoms with Crippen molar-refractivity contribution in [1.29, 1.82) is 0 Å². The van der Waals surface area contributed by atoms with E-state index >= 15 is 0 Å². The molecule has 0 aliphatic carbocycles. The molecule has 2 rings (SSSR count). The molecular weight excluding hydrogens is 343 g/mol. The SMILES string of the molecule is CC1(C)Cc2cccc(OCC(=O)OCC(=O)NCC(F)(F)F)c2O1. The Hall–Kier alpha value is -2.45. The summed E-state index contributed by atoms with van der Waals surface area (Å²) in [5.74, 6) is -1.02. The maximum Gasteiger partial charge on any atom is 0.405 e. The van der Waals surface area contributed by atoms with Crippen molar-refractivity contribution in [1.82, 2.24) is 5.32 Å². The molecule has 1 heterocycles. The fraction of sp³-hybridized carbons (Fsp3) is 0.500. The molecule has 1 aromatic carbocycles. The summed E-state index contributed by atoms with van der Waals surface area (Å²) in [4.78, 5) is 22.7. The summed E-state index contributed by atoms with van der Waals surface area (Å²) in [6.45, 7) is 1.06. The average molecular weight is 361 g/mol. The lowest BCUT2D eigenvalue weighted by atomic mass is 10.0. The monoisotopic (exact) mass is 361 g/mol. The van der Waals surface area contributed by atoms with Crippen LogP contribution in [0.5, 0.6) is 11.5 Å². The van der Waals surface area contributed by atoms with Crippen molar-refractivity contribution in [2.45, 2.75) is 32.0 Å². The number of benzene rings is 1. The smallest absolute Gasteiger partial charge is 0.405 e. The molecule has 0 bridgehead atoms. The third kappa shape index (κ3) is 5.84. The molecule has 138 valence electrons. The number of esters is 1. The van der Waals surface area contributed by atoms with Crippen LogP contribution < -0.4 is 14.8 Å². The molecule has 0 fully saturated rings. The van der Waals surface area contributed by atoms with Gasteiger partial charge in [0.05, 0.1) is 0 Å². The van der Waals surface area contributed by atoms with Crippen LogP contribution in [0.25, 0.3) is 0 Å². The van der Waals surface area contributed by atoms with E-state index in [1.807, 2.05) is 19.9 Å². The van der Waals surface area contributed by atoms with Crippen molar-refractivity contribution in [3.63, 3.8) is 0 Å². The molecule has 6 nitrogen and oxygen atoms in total. The van der Waals surface area contributed by atoms with E-state index in [4.69, 9.17) is 9.47 Å². The normalized spacial score (nSPS) is 15.1. The zero-order valence-electron chi connectivity index (χ0n) is 13.7. The van der Waals surface area contributed by atoms with Gasteiger partial charge in [-0.25, -0.2) is 4.79 Å². The molecule has 1 aromatic rings. The Morgan fingerprint density at radius 2 is 2.00 bits per heavy atom. The van der Waals surface area contributed by atoms with Crippen molar-refractivity contribution in [3.8, 4) is 11.5 Å². The first kappa shape index (κ1) is 18.9. The van der Waals surface area contributed by atoms with Crippen molar-refractivity contribution >= 4 is 11.9 Å². The molecule has 1 N–H and O–H groups in total. The van der Waals surface area contributed by atoms with Crippen LogP contribution in [0, 0.1) is 0 Å². The quantitative estimate of drug-likeness (QED) is 0.785. The van der Waals surface area contributed by atoms with Crippen LogP contribution in [0.2, 0.25) is 0 Å². The Kier molecular flexibility index (Phi) is 5.44. The largest absolute Gasteiger partial charge is 0.483 e. The van der Waals surface area contributed by atoms with Gasteiger partial charge in [0, 0.05) is 12.0 Å². The Balaban J connectivity index is 1.78. The molecule has 0 aromatic heterocycles. The van der Waals surface area contributed by atoms with Crippen LogP contribution in [0.15, 0.2) is 18.2 Å². The number of halogens is 3. The van der Waals surface area contributed by atoms with Crippen LogP contribution in [0.1, 0.15) is 19.4 Å². The molecule has 9 heteroatoms. The molecular formula is C16H18F3NO5. The topological polar surface area (TPSA) is 73.9 Å². The second kappa shape index (κ2) is 7.20. The number of carbonyl (C=O) groups excluding carboxylic acids is 2. The summed E-state index contributed by atoms with van der Waals surface area (Å²) in [7, 11) is 0. The minimum absolute atomic E-state index is 0.363. The van der Waals surface area contributed by atoms with Crippen molar-refractivity contribution < 1.29 is 37.0 Å². The standard InChI is InChI=1S/C16H18F3NO5/c1-15(2)6-10-4-3-5-11(14(10)25-15)23-8-13(22)24-7-12(21)20-9-16(17,18)19/h3-5H,6-9H2,1-2H3,(H,20,21). The lowest BCUT2D eigenvalue weighted by Crippen LogP contribution is -2.36. The fourth-order valence-corrected chi connectivity index (χ4v) is 2.28. The summed E-state index contributed by atoms with van der Waals surface area (Å²) >= 11 is 0. The van der Waals surface area contributed by atoms with Gasteiger partial charge in [-0.15, -0.1) is 0 Å². The van der Waals surface area contributed by atoms with Gasteiger partial charge in [-0.1, -0.05) is 12.1 Å². The number of alkyl halides is 3. The van der Waals surface area contributed by atoms with Crippen LogP contribution in [-0.2, 0) is 20.7 Å². The molecule has 1 aliphatic heterocycles. The highest BCUT2D eigenvalue weighted by Gasteiger charge is 2.32. The molecule has 0 radical (unpaired) electrons. The first-order valence-corrected chi connectivity index (χ1v) is 7.48. The van der Waals surface area contributed by atoms with Crippen LogP contribution in [0.4, 0.5) is 13.2 Å². The molecule has 0 saturated carbocycles. The summed E-state index contributed by atoms with van der Waals surface area (Å²) in [5.41, 5.74) is 0.571. The maximum absolute atomic E-state index is 11.9. The molecule has 25 heavy (non-hydrogen) atoms. The third-order valence-corrected chi connectivity index (χ3v) is 3.25. The van der Waals surface area contributed by atoms with E-state index in [1.54, 1.807) is 17.4 Å². The lowest BCUT2D eigenvalue weighted by molar-refractivity contribution is -0.152. The summed E-state index contributed by atoms with van der Waals surface area (Å²) < 4.78 is 51.5. The molecule has 0 unspecified atom stereocenters. The molecule has 1 aliphatic rings. The number of fused-ring (bicyclic) bond motifs is 1. The fourth-order valence-electron chi connectivity index (χ4n) is 2.28. The minimum atomic E-state index is -4.52. The number of para-hydroxylation sites is 1. The third-order valence-electron chi connectivity index (χ3n) is 3.25. The van der Waals surface area contributed by atoms with Gasteiger partial charge in [0.25, 0.3) is 5.91 Å². The second-order valence-corrected chi connectivity index (χ2v) is 6.12. The van der Waals surface area contributed by atoms with Crippen molar-refractivity contribution in [2.24, 2.45) is 0 Å². The predicted molar refractivity (Wildman–Crippen MR) is 80.4 cm³/mol. The average Bonchev–Trinajstić information content (AvgIpc) is 2.82. The maximum atomic E-state index is 11.9. The predicted octanol–water partition coefficient (Wildman–Crippen LogP) is 2.00. The molecule has 0 saturated heterocycles. The lowest BCUT2D eigenvalue weighted by Gasteiger charge is -2.18. The first-order chi connectivity index (χ1) is 11.6. The van der Waals surface area contributed by atoms with E-state index in [0.717, 1.165) is 5.56 Å². The molecule has 0 atom stereocenters. The van der Waals surface area contributed by atoms with Gasteiger partial charge in [0.1, 0.15) is 12.1 Å². The Morgan fingerprint density at radius 3 is 2.68 bits per heavy atom. The number of nitrogens with one attached hydrogen (secondary N) is 1. The van der Waals surface area contributed by atoms with Gasteiger partial charge in [0.2, 0.25) is 0 Å². The van der Waals surface area contributed by atoms with Crippen LogP contribution >= 0.6 is 0 Å². The zero-order valence-corrected chi connectivity index (χ0v) is 13.7. The van der Waals surface area contributed by atoms with Gasteiger partial charge in [-0.3, -0.25) is 4.79 Å². The van der Waals surface area contributed by atoms with Gasteiger partial charge in [0.15, 0.2) is 24.7 Å². The van der Waals surface area contributed by atoms with Gasteiger partial charge < -0.3 is 19.5 Å².